The molecule has 2 aromatic rings. The molecular weight excluding hydrogens is 410 g/mol. The van der Waals surface area contributed by atoms with E-state index in [1.807, 2.05) is 25.1 Å². The topological polar surface area (TPSA) is 76.4 Å². The van der Waals surface area contributed by atoms with E-state index in [2.05, 4.69) is 26.6 Å². The molecule has 0 unspecified atom stereocenters. The van der Waals surface area contributed by atoms with Gasteiger partial charge in [0, 0.05) is 41.8 Å². The Balaban J connectivity index is 1.82. The van der Waals surface area contributed by atoms with Crippen molar-refractivity contribution in [1.29, 1.82) is 0 Å². The number of benzene rings is 2. The van der Waals surface area contributed by atoms with E-state index < -0.39 is 4.92 Å². The predicted octanol–water partition coefficient (Wildman–Crippen LogP) is 4.61. The Morgan fingerprint density at radius 3 is 2.72 bits per heavy atom. The lowest BCUT2D eigenvalue weighted by molar-refractivity contribution is -0.384. The average Bonchev–Trinajstić information content (AvgIpc) is 2.58. The van der Waals surface area contributed by atoms with Crippen LogP contribution in [0.4, 0.5) is 11.4 Å². The first-order valence-corrected chi connectivity index (χ1v) is 8.98. The van der Waals surface area contributed by atoms with Crippen molar-refractivity contribution in [2.45, 2.75) is 13.5 Å². The second-order valence-corrected chi connectivity index (χ2v) is 6.53. The molecule has 0 aliphatic rings. The highest BCUT2D eigenvalue weighted by Crippen LogP contribution is 2.26. The van der Waals surface area contributed by atoms with Gasteiger partial charge < -0.3 is 15.4 Å². The molecule has 0 saturated carbocycles. The van der Waals surface area contributed by atoms with Gasteiger partial charge >= 0.3 is 0 Å². The van der Waals surface area contributed by atoms with E-state index in [0.29, 0.717) is 37.0 Å². The molecule has 6 nitrogen and oxygen atoms in total. The maximum Gasteiger partial charge on any atom is 0.271 e. The van der Waals surface area contributed by atoms with E-state index in [-0.39, 0.29) is 5.69 Å². The van der Waals surface area contributed by atoms with E-state index in [4.69, 9.17) is 16.3 Å². The quantitative estimate of drug-likeness (QED) is 0.346. The lowest BCUT2D eigenvalue weighted by Crippen LogP contribution is -2.22. The minimum Gasteiger partial charge on any atom is -0.494 e. The maximum absolute atomic E-state index is 10.7. The Morgan fingerprint density at radius 1 is 1.24 bits per heavy atom. The zero-order valence-corrected chi connectivity index (χ0v) is 16.1. The Kier molecular flexibility index (Phi) is 7.49. The molecule has 0 aliphatic heterocycles. The molecule has 0 bridgehead atoms. The van der Waals surface area contributed by atoms with Crippen molar-refractivity contribution < 1.29 is 9.66 Å². The monoisotopic (exact) mass is 427 g/mol. The van der Waals surface area contributed by atoms with Crippen molar-refractivity contribution in [3.8, 4) is 5.75 Å². The lowest BCUT2D eigenvalue weighted by Gasteiger charge is -2.12. The number of hydrogen-bond donors (Lipinski definition) is 2. The third-order valence-electron chi connectivity index (χ3n) is 3.42. The molecule has 0 amide bonds. The van der Waals surface area contributed by atoms with Crippen molar-refractivity contribution in [3.63, 3.8) is 0 Å². The van der Waals surface area contributed by atoms with Crippen LogP contribution in [0, 0.1) is 10.1 Å². The fourth-order valence-electron chi connectivity index (χ4n) is 2.25. The van der Waals surface area contributed by atoms with Crippen molar-refractivity contribution in [2.75, 3.05) is 25.0 Å². The summed E-state index contributed by atoms with van der Waals surface area (Å²) in [6.07, 6.45) is 0. The summed E-state index contributed by atoms with van der Waals surface area (Å²) in [5.74, 6) is 0.865. The summed E-state index contributed by atoms with van der Waals surface area (Å²) in [5, 5.41) is 17.5. The number of anilines is 1. The SMILES string of the molecule is CCOc1ccc(Br)cc1CNCCNc1ccc([N+](=O)[O-])cc1Cl. The highest BCUT2D eigenvalue weighted by atomic mass is 79.9. The van der Waals surface area contributed by atoms with Gasteiger partial charge in [-0.15, -0.1) is 0 Å². The fraction of sp³-hybridized carbons (Fsp3) is 0.294. The van der Waals surface area contributed by atoms with Gasteiger partial charge in [0.25, 0.3) is 5.69 Å². The normalized spacial score (nSPS) is 10.5. The van der Waals surface area contributed by atoms with E-state index in [9.17, 15) is 10.1 Å². The lowest BCUT2D eigenvalue weighted by atomic mass is 10.2. The number of nitrogens with zero attached hydrogens (tertiary/aromatic N) is 1. The minimum atomic E-state index is -0.467. The van der Waals surface area contributed by atoms with Crippen LogP contribution in [0.15, 0.2) is 40.9 Å². The average molecular weight is 429 g/mol. The molecule has 2 rings (SSSR count). The molecule has 0 spiro atoms. The number of nitro groups is 1. The Labute approximate surface area is 159 Å². The molecule has 8 heteroatoms. The highest BCUT2D eigenvalue weighted by molar-refractivity contribution is 9.10. The van der Waals surface area contributed by atoms with Crippen molar-refractivity contribution in [1.82, 2.24) is 5.32 Å². The zero-order chi connectivity index (χ0) is 18.2. The number of rotatable bonds is 9. The van der Waals surface area contributed by atoms with E-state index in [0.717, 1.165) is 15.8 Å². The molecule has 0 heterocycles. The van der Waals surface area contributed by atoms with Crippen LogP contribution in [-0.2, 0) is 6.54 Å². The fourth-order valence-corrected chi connectivity index (χ4v) is 2.90. The van der Waals surface area contributed by atoms with Crippen molar-refractivity contribution in [2.24, 2.45) is 0 Å². The summed E-state index contributed by atoms with van der Waals surface area (Å²) in [6.45, 7) is 4.58. The second-order valence-electron chi connectivity index (χ2n) is 5.21. The molecule has 0 fully saturated rings. The predicted molar refractivity (Wildman–Crippen MR) is 104 cm³/mol. The van der Waals surface area contributed by atoms with Crippen LogP contribution in [0.1, 0.15) is 12.5 Å². The first-order valence-electron chi connectivity index (χ1n) is 7.81. The van der Waals surface area contributed by atoms with Crippen LogP contribution in [0.2, 0.25) is 5.02 Å². The summed E-state index contributed by atoms with van der Waals surface area (Å²) in [7, 11) is 0. The van der Waals surface area contributed by atoms with E-state index in [1.54, 1.807) is 6.07 Å². The van der Waals surface area contributed by atoms with Gasteiger partial charge in [0.15, 0.2) is 0 Å². The Bertz CT molecular complexity index is 743. The van der Waals surface area contributed by atoms with Gasteiger partial charge in [0.05, 0.1) is 22.2 Å². The first-order chi connectivity index (χ1) is 12.0. The molecule has 0 aromatic heterocycles. The highest BCUT2D eigenvalue weighted by Gasteiger charge is 2.09. The molecular formula is C17H19BrClN3O3. The molecule has 0 radical (unpaired) electrons. The summed E-state index contributed by atoms with van der Waals surface area (Å²) in [5.41, 5.74) is 1.72. The van der Waals surface area contributed by atoms with Crippen LogP contribution >= 0.6 is 27.5 Å². The Morgan fingerprint density at radius 2 is 2.04 bits per heavy atom. The summed E-state index contributed by atoms with van der Waals surface area (Å²) >= 11 is 9.51. The molecule has 2 N–H and O–H groups in total. The smallest absolute Gasteiger partial charge is 0.271 e. The minimum absolute atomic E-state index is 0.0215. The summed E-state index contributed by atoms with van der Waals surface area (Å²) in [4.78, 5) is 10.2. The Hall–Kier alpha value is -1.83. The molecule has 0 saturated heterocycles. The van der Waals surface area contributed by atoms with Gasteiger partial charge in [-0.3, -0.25) is 10.1 Å². The first kappa shape index (κ1) is 19.5. The molecule has 25 heavy (non-hydrogen) atoms. The number of nitrogens with one attached hydrogen (secondary N) is 2. The standard InChI is InChI=1S/C17H19BrClN3O3/c1-2-25-17-6-3-13(18)9-12(17)11-20-7-8-21-16-5-4-14(22(23)24)10-15(16)19/h3-6,9-10,20-21H,2,7-8,11H2,1H3. The van der Waals surface area contributed by atoms with Crippen LogP contribution in [0.25, 0.3) is 0 Å². The summed E-state index contributed by atoms with van der Waals surface area (Å²) in [6, 6.07) is 10.3. The number of ether oxygens (including phenoxy) is 1. The van der Waals surface area contributed by atoms with Gasteiger partial charge in [0.1, 0.15) is 5.75 Å². The van der Waals surface area contributed by atoms with Gasteiger partial charge in [0.2, 0.25) is 0 Å². The van der Waals surface area contributed by atoms with E-state index >= 15 is 0 Å². The van der Waals surface area contributed by atoms with Crippen LogP contribution < -0.4 is 15.4 Å². The van der Waals surface area contributed by atoms with Gasteiger partial charge in [-0.2, -0.15) is 0 Å². The van der Waals surface area contributed by atoms with Gasteiger partial charge in [-0.25, -0.2) is 0 Å². The van der Waals surface area contributed by atoms with Crippen LogP contribution in [-0.4, -0.2) is 24.6 Å². The third kappa shape index (κ3) is 5.88. The van der Waals surface area contributed by atoms with Gasteiger partial charge in [-0.1, -0.05) is 27.5 Å². The zero-order valence-electron chi connectivity index (χ0n) is 13.7. The largest absolute Gasteiger partial charge is 0.494 e. The van der Waals surface area contributed by atoms with E-state index in [1.165, 1.54) is 12.1 Å². The molecule has 2 aromatic carbocycles. The maximum atomic E-state index is 10.7. The van der Waals surface area contributed by atoms with Crippen molar-refractivity contribution in [3.05, 3.63) is 61.6 Å². The number of non-ortho nitro benzene ring substituents is 1. The molecule has 0 atom stereocenters. The van der Waals surface area contributed by atoms with Gasteiger partial charge in [-0.05, 0) is 31.2 Å². The third-order valence-corrected chi connectivity index (χ3v) is 4.22. The second kappa shape index (κ2) is 9.60. The number of nitro benzene ring substituents is 1. The number of halogens is 2. The molecule has 0 aliphatic carbocycles. The summed E-state index contributed by atoms with van der Waals surface area (Å²) < 4.78 is 6.62. The van der Waals surface area contributed by atoms with Crippen LogP contribution in [0.3, 0.4) is 0 Å². The van der Waals surface area contributed by atoms with Crippen molar-refractivity contribution >= 4 is 38.9 Å². The van der Waals surface area contributed by atoms with Crippen LogP contribution in [0.5, 0.6) is 5.75 Å². The molecule has 134 valence electrons. The number of hydrogen-bond acceptors (Lipinski definition) is 5.